The van der Waals surface area contributed by atoms with Gasteiger partial charge in [0, 0.05) is 23.0 Å². The van der Waals surface area contributed by atoms with Gasteiger partial charge in [-0.3, -0.25) is 14.9 Å². The minimum absolute atomic E-state index is 0.0663. The molecule has 0 saturated carbocycles. The van der Waals surface area contributed by atoms with E-state index in [1.807, 2.05) is 0 Å². The second-order valence-corrected chi connectivity index (χ2v) is 6.24. The molecule has 8 heteroatoms. The van der Waals surface area contributed by atoms with Gasteiger partial charge in [0.25, 0.3) is 0 Å². The van der Waals surface area contributed by atoms with Gasteiger partial charge < -0.3 is 9.84 Å². The highest BCUT2D eigenvalue weighted by Gasteiger charge is 2.26. The van der Waals surface area contributed by atoms with Gasteiger partial charge in [0.1, 0.15) is 5.82 Å². The molecule has 0 aliphatic carbocycles. The maximum Gasteiger partial charge on any atom is 0.315 e. The topological polar surface area (TPSA) is 89.7 Å². The number of nitrogens with zero attached hydrogens (tertiary/aromatic N) is 1. The first kappa shape index (κ1) is 17.0. The van der Waals surface area contributed by atoms with Crippen molar-refractivity contribution in [2.75, 3.05) is 12.9 Å². The summed E-state index contributed by atoms with van der Waals surface area (Å²) in [7, 11) is 1.27. The molecule has 2 aromatic carbocycles. The number of carbonyl (C=O) groups excluding carboxylic acids is 1. The SMILES string of the molecule is COc1cc(C=C2CSc3c(F)cccc3C2=O)cc([N+](=O)[O-])c1O. The summed E-state index contributed by atoms with van der Waals surface area (Å²) in [6, 6.07) is 6.85. The molecule has 0 fully saturated rings. The van der Waals surface area contributed by atoms with E-state index in [-0.39, 0.29) is 22.8 Å². The second-order valence-electron chi connectivity index (χ2n) is 5.25. The van der Waals surface area contributed by atoms with Gasteiger partial charge in [0.05, 0.1) is 16.9 Å². The Morgan fingerprint density at radius 2 is 2.16 bits per heavy atom. The summed E-state index contributed by atoms with van der Waals surface area (Å²) in [6.07, 6.45) is 1.48. The van der Waals surface area contributed by atoms with Crippen LogP contribution >= 0.6 is 11.8 Å². The van der Waals surface area contributed by atoms with Crippen molar-refractivity contribution in [3.8, 4) is 11.5 Å². The first-order valence-electron chi connectivity index (χ1n) is 7.14. The Balaban J connectivity index is 2.06. The summed E-state index contributed by atoms with van der Waals surface area (Å²) in [6.45, 7) is 0. The van der Waals surface area contributed by atoms with Crippen LogP contribution in [0.5, 0.6) is 11.5 Å². The van der Waals surface area contributed by atoms with Crippen LogP contribution in [0.2, 0.25) is 0 Å². The number of ketones is 1. The number of hydrogen-bond acceptors (Lipinski definition) is 6. The van der Waals surface area contributed by atoms with Gasteiger partial charge in [0.15, 0.2) is 11.5 Å². The van der Waals surface area contributed by atoms with Gasteiger partial charge in [0.2, 0.25) is 5.75 Å². The van der Waals surface area contributed by atoms with Crippen LogP contribution in [-0.2, 0) is 0 Å². The zero-order chi connectivity index (χ0) is 18.1. The number of halogens is 1. The van der Waals surface area contributed by atoms with Crippen molar-refractivity contribution in [1.29, 1.82) is 0 Å². The van der Waals surface area contributed by atoms with Crippen LogP contribution in [0.3, 0.4) is 0 Å². The summed E-state index contributed by atoms with van der Waals surface area (Å²) < 4.78 is 18.7. The maximum absolute atomic E-state index is 13.8. The number of phenolic OH excluding ortho intramolecular Hbond substituents is 1. The monoisotopic (exact) mass is 361 g/mol. The largest absolute Gasteiger partial charge is 0.500 e. The smallest absolute Gasteiger partial charge is 0.315 e. The fourth-order valence-electron chi connectivity index (χ4n) is 2.52. The minimum Gasteiger partial charge on any atom is -0.500 e. The number of hydrogen-bond donors (Lipinski definition) is 1. The molecule has 1 heterocycles. The Kier molecular flexibility index (Phi) is 4.45. The van der Waals surface area contributed by atoms with Crippen LogP contribution in [0.15, 0.2) is 40.8 Å². The number of methoxy groups -OCH3 is 1. The summed E-state index contributed by atoms with van der Waals surface area (Å²) >= 11 is 1.19. The molecule has 25 heavy (non-hydrogen) atoms. The first-order chi connectivity index (χ1) is 11.9. The van der Waals surface area contributed by atoms with E-state index in [4.69, 9.17) is 4.74 Å². The average molecular weight is 361 g/mol. The van der Waals surface area contributed by atoms with E-state index in [9.17, 15) is 24.4 Å². The number of benzene rings is 2. The number of Topliss-reactive ketones (excluding diaryl/α,β-unsaturated/α-hetero) is 1. The number of fused-ring (bicyclic) bond motifs is 1. The molecule has 6 nitrogen and oxygen atoms in total. The number of thioether (sulfide) groups is 1. The third-order valence-corrected chi connectivity index (χ3v) is 4.87. The van der Waals surface area contributed by atoms with E-state index < -0.39 is 22.2 Å². The highest BCUT2D eigenvalue weighted by atomic mass is 32.2. The highest BCUT2D eigenvalue weighted by Crippen LogP contribution is 2.39. The number of aromatic hydroxyl groups is 1. The van der Waals surface area contributed by atoms with Gasteiger partial charge in [-0.1, -0.05) is 6.07 Å². The van der Waals surface area contributed by atoms with Crippen molar-refractivity contribution in [2.45, 2.75) is 4.90 Å². The molecular weight excluding hydrogens is 349 g/mol. The van der Waals surface area contributed by atoms with Crippen molar-refractivity contribution in [1.82, 2.24) is 0 Å². The lowest BCUT2D eigenvalue weighted by atomic mass is 10.0. The molecule has 1 N–H and O–H groups in total. The molecule has 0 atom stereocenters. The van der Waals surface area contributed by atoms with Gasteiger partial charge in [-0.05, 0) is 29.8 Å². The van der Waals surface area contributed by atoms with Gasteiger partial charge >= 0.3 is 5.69 Å². The lowest BCUT2D eigenvalue weighted by Gasteiger charge is -2.17. The number of ether oxygens (including phenoxy) is 1. The fraction of sp³-hybridized carbons (Fsp3) is 0.118. The van der Waals surface area contributed by atoms with E-state index in [0.717, 1.165) is 6.07 Å². The minimum atomic E-state index is -0.734. The van der Waals surface area contributed by atoms with E-state index >= 15 is 0 Å². The van der Waals surface area contributed by atoms with Gasteiger partial charge in [-0.2, -0.15) is 0 Å². The Morgan fingerprint density at radius 1 is 1.40 bits per heavy atom. The number of carbonyl (C=O) groups is 1. The van der Waals surface area contributed by atoms with Crippen LogP contribution in [-0.4, -0.2) is 28.7 Å². The zero-order valence-electron chi connectivity index (χ0n) is 13.0. The van der Waals surface area contributed by atoms with Crippen molar-refractivity contribution < 1.29 is 24.0 Å². The molecule has 3 rings (SSSR count). The van der Waals surface area contributed by atoms with Crippen molar-refractivity contribution in [2.24, 2.45) is 0 Å². The Labute approximate surface area is 146 Å². The predicted molar refractivity (Wildman–Crippen MR) is 90.7 cm³/mol. The quantitative estimate of drug-likeness (QED) is 0.508. The molecule has 1 aliphatic heterocycles. The third-order valence-electron chi connectivity index (χ3n) is 3.71. The number of phenols is 1. The van der Waals surface area contributed by atoms with Crippen molar-refractivity contribution >= 4 is 29.3 Å². The highest BCUT2D eigenvalue weighted by molar-refractivity contribution is 7.99. The molecule has 0 aromatic heterocycles. The summed E-state index contributed by atoms with van der Waals surface area (Å²) in [5.74, 6) is -1.18. The van der Waals surface area contributed by atoms with E-state index in [0.29, 0.717) is 16.0 Å². The Bertz CT molecular complexity index is 925. The number of rotatable bonds is 3. The zero-order valence-corrected chi connectivity index (χ0v) is 13.8. The lowest BCUT2D eigenvalue weighted by molar-refractivity contribution is -0.386. The Morgan fingerprint density at radius 3 is 2.84 bits per heavy atom. The number of nitro groups is 1. The standard InChI is InChI=1S/C17H12FNO5S/c1-24-14-7-9(6-13(16(14)21)19(22)23)5-10-8-25-17-11(15(10)20)3-2-4-12(17)18/h2-7,21H,8H2,1H3. The lowest BCUT2D eigenvalue weighted by Crippen LogP contribution is -2.13. The third kappa shape index (κ3) is 3.08. The fourth-order valence-corrected chi connectivity index (χ4v) is 3.56. The molecule has 0 bridgehead atoms. The molecule has 0 radical (unpaired) electrons. The molecule has 0 unspecified atom stereocenters. The molecular formula is C17H12FNO5S. The van der Waals surface area contributed by atoms with Crippen molar-refractivity contribution in [3.05, 3.63) is 63.0 Å². The molecule has 0 spiro atoms. The van der Waals surface area contributed by atoms with Crippen LogP contribution in [0.1, 0.15) is 15.9 Å². The van der Waals surface area contributed by atoms with Crippen LogP contribution in [0.4, 0.5) is 10.1 Å². The summed E-state index contributed by atoms with van der Waals surface area (Å²) in [4.78, 5) is 23.2. The van der Waals surface area contributed by atoms with Gasteiger partial charge in [-0.15, -0.1) is 11.8 Å². The van der Waals surface area contributed by atoms with Gasteiger partial charge in [-0.25, -0.2) is 4.39 Å². The molecule has 0 saturated heterocycles. The second kappa shape index (κ2) is 6.56. The first-order valence-corrected chi connectivity index (χ1v) is 8.13. The maximum atomic E-state index is 13.8. The summed E-state index contributed by atoms with van der Waals surface area (Å²) in [5, 5.41) is 20.9. The van der Waals surface area contributed by atoms with Crippen molar-refractivity contribution in [3.63, 3.8) is 0 Å². The van der Waals surface area contributed by atoms with E-state index in [1.165, 1.54) is 43.1 Å². The molecule has 2 aromatic rings. The van der Waals surface area contributed by atoms with Crippen LogP contribution < -0.4 is 4.74 Å². The Hall–Kier alpha value is -2.87. The molecule has 0 amide bonds. The normalized spacial score (nSPS) is 15.1. The van der Waals surface area contributed by atoms with E-state index in [2.05, 4.69) is 0 Å². The predicted octanol–water partition coefficient (Wildman–Crippen LogP) is 3.82. The van der Waals surface area contributed by atoms with Crippen LogP contribution in [0.25, 0.3) is 6.08 Å². The van der Waals surface area contributed by atoms with E-state index in [1.54, 1.807) is 6.07 Å². The average Bonchev–Trinajstić information content (AvgIpc) is 2.59. The number of nitro benzene ring substituents is 1. The molecule has 1 aliphatic rings. The summed E-state index contributed by atoms with van der Waals surface area (Å²) in [5.41, 5.74) is 0.464. The van der Waals surface area contributed by atoms with Crippen LogP contribution in [0, 0.1) is 15.9 Å². The molecule has 128 valence electrons.